The molecule has 0 saturated carbocycles. The molecule has 0 rings (SSSR count). The van der Waals surface area contributed by atoms with E-state index in [1.54, 1.807) is 0 Å². The van der Waals surface area contributed by atoms with Gasteiger partial charge in [-0.1, -0.05) is 433 Å². The molecule has 0 amide bonds. The summed E-state index contributed by atoms with van der Waals surface area (Å²) in [7, 11) is -9.93. The smallest absolute Gasteiger partial charge is 0.462 e. The highest BCUT2D eigenvalue weighted by molar-refractivity contribution is 7.47. The van der Waals surface area contributed by atoms with Crippen LogP contribution in [-0.2, 0) is 65.4 Å². The number of aliphatic hydroxyl groups is 1. The zero-order valence-corrected chi connectivity index (χ0v) is 73.7. The molecule has 7 atom stereocenters. The molecule has 0 spiro atoms. The lowest BCUT2D eigenvalue weighted by molar-refractivity contribution is -0.161. The maximum atomic E-state index is 13.2. The number of aliphatic hydroxyl groups excluding tert-OH is 1. The van der Waals surface area contributed by atoms with Gasteiger partial charge in [0.05, 0.1) is 26.4 Å². The normalized spacial score (nSPS) is 14.2. The summed E-state index contributed by atoms with van der Waals surface area (Å²) in [5, 5.41) is 10.7. The van der Waals surface area contributed by atoms with Gasteiger partial charge in [-0.15, -0.1) is 0 Å². The topological polar surface area (TPSA) is 237 Å². The third kappa shape index (κ3) is 81.0. The maximum Gasteiger partial charge on any atom is 0.472 e. The molecule has 0 fully saturated rings. The molecule has 0 radical (unpaired) electrons. The SMILES string of the molecule is CCCCCCCCCCCCCCCCCCCCCCCC(=O)OC[C@H](COP(=O)(O)OC[C@@H](O)COP(=O)(O)OC[C@@H](COC(=O)CCCCCCCCCCCCCC)OC(=O)CCCCCCCCCCCCC(C)CC)OC(=O)CCCCCCCCCCCCCCCCCCCCC(C)CC. The summed E-state index contributed by atoms with van der Waals surface area (Å²) in [6, 6.07) is 0. The van der Waals surface area contributed by atoms with E-state index >= 15 is 0 Å². The van der Waals surface area contributed by atoms with E-state index in [0.29, 0.717) is 25.7 Å². The van der Waals surface area contributed by atoms with Crippen LogP contribution in [0, 0.1) is 11.8 Å². The monoisotopic (exact) mass is 1590 g/mol. The van der Waals surface area contributed by atoms with Crippen LogP contribution in [-0.4, -0.2) is 96.7 Å². The van der Waals surface area contributed by atoms with Gasteiger partial charge >= 0.3 is 39.5 Å². The van der Waals surface area contributed by atoms with Crippen LogP contribution in [0.5, 0.6) is 0 Å². The van der Waals surface area contributed by atoms with Gasteiger partial charge in [-0.2, -0.15) is 0 Å². The minimum atomic E-state index is -4.97. The van der Waals surface area contributed by atoms with E-state index in [1.807, 2.05) is 0 Å². The third-order valence-corrected chi connectivity index (χ3v) is 23.8. The number of phosphoric ester groups is 2. The van der Waals surface area contributed by atoms with Crippen LogP contribution in [0.4, 0.5) is 0 Å². The van der Waals surface area contributed by atoms with E-state index in [2.05, 4.69) is 41.5 Å². The minimum Gasteiger partial charge on any atom is -0.462 e. The van der Waals surface area contributed by atoms with E-state index in [4.69, 9.17) is 37.0 Å². The van der Waals surface area contributed by atoms with Crippen molar-refractivity contribution in [1.29, 1.82) is 0 Å². The average Bonchev–Trinajstić information content (AvgIpc) is 0.893. The fourth-order valence-electron chi connectivity index (χ4n) is 14.1. The molecule has 17 nitrogen and oxygen atoms in total. The molecule has 0 aromatic carbocycles. The summed E-state index contributed by atoms with van der Waals surface area (Å²) in [5.41, 5.74) is 0. The van der Waals surface area contributed by atoms with E-state index in [1.165, 1.54) is 302 Å². The molecule has 0 heterocycles. The molecule has 4 unspecified atom stereocenters. The molecule has 19 heteroatoms. The van der Waals surface area contributed by atoms with Crippen molar-refractivity contribution in [2.45, 2.75) is 503 Å². The van der Waals surface area contributed by atoms with E-state index in [-0.39, 0.29) is 25.7 Å². The first-order valence-electron chi connectivity index (χ1n) is 46.6. The molecular formula is C90H176O17P2. The van der Waals surface area contributed by atoms with Gasteiger partial charge in [0.25, 0.3) is 0 Å². The quantitative estimate of drug-likeness (QED) is 0.0222. The molecule has 0 aromatic heterocycles. The van der Waals surface area contributed by atoms with Gasteiger partial charge in [0.1, 0.15) is 19.3 Å². The van der Waals surface area contributed by atoms with Crippen LogP contribution in [0.15, 0.2) is 0 Å². The fourth-order valence-corrected chi connectivity index (χ4v) is 15.6. The number of esters is 4. The Morgan fingerprint density at radius 1 is 0.257 bits per heavy atom. The number of hydrogen-bond acceptors (Lipinski definition) is 15. The summed E-state index contributed by atoms with van der Waals surface area (Å²) in [6.07, 6.45) is 74.9. The Balaban J connectivity index is 5.23. The molecule has 0 aliphatic heterocycles. The second kappa shape index (κ2) is 81.2. The van der Waals surface area contributed by atoms with Gasteiger partial charge in [-0.3, -0.25) is 37.3 Å². The second-order valence-corrected chi connectivity index (χ2v) is 35.7. The molecule has 0 aromatic rings. The van der Waals surface area contributed by atoms with Crippen molar-refractivity contribution in [1.82, 2.24) is 0 Å². The van der Waals surface area contributed by atoms with Gasteiger partial charge in [0, 0.05) is 25.7 Å². The lowest BCUT2D eigenvalue weighted by atomic mass is 9.99. The lowest BCUT2D eigenvalue weighted by Crippen LogP contribution is -2.30. The zero-order valence-electron chi connectivity index (χ0n) is 71.9. The first kappa shape index (κ1) is 107. The first-order valence-corrected chi connectivity index (χ1v) is 49.6. The van der Waals surface area contributed by atoms with Crippen molar-refractivity contribution in [3.63, 3.8) is 0 Å². The van der Waals surface area contributed by atoms with Gasteiger partial charge in [-0.05, 0) is 37.5 Å². The Hall–Kier alpha value is -1.94. The maximum absolute atomic E-state index is 13.2. The van der Waals surface area contributed by atoms with Gasteiger partial charge in [0.15, 0.2) is 12.2 Å². The standard InChI is InChI=1S/C90H176O17P2/c1-7-11-13-15-17-19-21-23-24-25-26-27-28-32-35-38-42-49-55-61-67-73-88(93)101-78-85(106-89(94)74-68-62-56-50-43-39-36-33-30-29-31-34-37-40-46-52-58-64-70-82(5)9-3)80-104-108(96,97)102-76-84(91)77-103-109(98,99)105-81-86(79-100-87(92)72-66-60-54-48-41-22-20-18-16-14-12-8-2)107-90(95)75-69-63-57-51-45-44-47-53-59-65-71-83(6)10-4/h82-86,91H,7-81H2,1-6H3,(H,96,97)(H,98,99)/t82?,83?,84-,85-,86-/m1/s1. The molecule has 3 N–H and O–H groups in total. The van der Waals surface area contributed by atoms with Crippen LogP contribution in [0.2, 0.25) is 0 Å². The molecular weight excluding hydrogens is 1410 g/mol. The Morgan fingerprint density at radius 3 is 0.651 bits per heavy atom. The van der Waals surface area contributed by atoms with Crippen LogP contribution in [0.1, 0.15) is 485 Å². The highest BCUT2D eigenvalue weighted by atomic mass is 31.2. The van der Waals surface area contributed by atoms with Crippen LogP contribution in [0.3, 0.4) is 0 Å². The number of hydrogen-bond donors (Lipinski definition) is 3. The largest absolute Gasteiger partial charge is 0.472 e. The number of ether oxygens (including phenoxy) is 4. The molecule has 0 aliphatic carbocycles. The number of carbonyl (C=O) groups excluding carboxylic acids is 4. The zero-order chi connectivity index (χ0) is 79.9. The van der Waals surface area contributed by atoms with Crippen molar-refractivity contribution in [3.8, 4) is 0 Å². The van der Waals surface area contributed by atoms with E-state index in [9.17, 15) is 43.2 Å². The van der Waals surface area contributed by atoms with E-state index in [0.717, 1.165) is 102 Å². The Morgan fingerprint density at radius 2 is 0.440 bits per heavy atom. The summed E-state index contributed by atoms with van der Waals surface area (Å²) in [4.78, 5) is 73.4. The molecule has 0 saturated heterocycles. The first-order chi connectivity index (χ1) is 52.9. The fraction of sp³-hybridized carbons (Fsp3) is 0.956. The van der Waals surface area contributed by atoms with Gasteiger partial charge in [0.2, 0.25) is 0 Å². The Kier molecular flexibility index (Phi) is 79.8. The van der Waals surface area contributed by atoms with Crippen molar-refractivity contribution >= 4 is 39.5 Å². The van der Waals surface area contributed by atoms with Gasteiger partial charge < -0.3 is 33.8 Å². The molecule has 109 heavy (non-hydrogen) atoms. The summed E-state index contributed by atoms with van der Waals surface area (Å²) in [5.74, 6) is -0.423. The Labute approximate surface area is 670 Å². The van der Waals surface area contributed by atoms with Crippen molar-refractivity contribution < 1.29 is 80.2 Å². The van der Waals surface area contributed by atoms with E-state index < -0.39 is 97.5 Å². The third-order valence-electron chi connectivity index (χ3n) is 21.9. The number of unbranched alkanes of at least 4 members (excludes halogenated alkanes) is 57. The summed E-state index contributed by atoms with van der Waals surface area (Å²) < 4.78 is 69.0. The number of carbonyl (C=O) groups is 4. The average molecular weight is 1590 g/mol. The van der Waals surface area contributed by atoms with Crippen molar-refractivity contribution in [2.75, 3.05) is 39.6 Å². The van der Waals surface area contributed by atoms with Crippen LogP contribution < -0.4 is 0 Å². The predicted molar refractivity (Wildman–Crippen MR) is 451 cm³/mol. The highest BCUT2D eigenvalue weighted by Gasteiger charge is 2.31. The summed E-state index contributed by atoms with van der Waals surface area (Å²) in [6.45, 7) is 9.78. The van der Waals surface area contributed by atoms with Crippen molar-refractivity contribution in [3.05, 3.63) is 0 Å². The Bertz CT molecular complexity index is 2080. The van der Waals surface area contributed by atoms with Crippen LogP contribution >= 0.6 is 15.6 Å². The number of rotatable bonds is 89. The predicted octanol–water partition coefficient (Wildman–Crippen LogP) is 27.8. The van der Waals surface area contributed by atoms with Gasteiger partial charge in [-0.25, -0.2) is 9.13 Å². The minimum absolute atomic E-state index is 0.107. The summed E-state index contributed by atoms with van der Waals surface area (Å²) >= 11 is 0. The van der Waals surface area contributed by atoms with Crippen molar-refractivity contribution in [2.24, 2.45) is 11.8 Å². The highest BCUT2D eigenvalue weighted by Crippen LogP contribution is 2.45. The van der Waals surface area contributed by atoms with Crippen LogP contribution in [0.25, 0.3) is 0 Å². The lowest BCUT2D eigenvalue weighted by Gasteiger charge is -2.21. The molecule has 648 valence electrons. The second-order valence-electron chi connectivity index (χ2n) is 32.8. The number of phosphoric acid groups is 2. The molecule has 0 bridgehead atoms. The molecule has 0 aliphatic rings.